The van der Waals surface area contributed by atoms with Gasteiger partial charge >= 0.3 is 5.97 Å². The number of amides is 1. The lowest BCUT2D eigenvalue weighted by Crippen LogP contribution is -2.45. The van der Waals surface area contributed by atoms with Gasteiger partial charge in [-0.15, -0.1) is 11.3 Å². The first-order chi connectivity index (χ1) is 17.9. The fourth-order valence-electron chi connectivity index (χ4n) is 5.05. The first-order valence-electron chi connectivity index (χ1n) is 12.7. The molecule has 0 aliphatic carbocycles. The molecular formula is C28H31N5O3S. The molecule has 9 heteroatoms. The maximum Gasteiger partial charge on any atom is 0.348 e. The van der Waals surface area contributed by atoms with Gasteiger partial charge in [0.05, 0.1) is 12.2 Å². The second-order valence-corrected chi connectivity index (χ2v) is 10.4. The number of carboxylic acid groups (broad SMARTS) is 1. The summed E-state index contributed by atoms with van der Waals surface area (Å²) in [5, 5.41) is 18.9. The van der Waals surface area contributed by atoms with Crippen LogP contribution in [0.4, 0.5) is 17.2 Å². The first kappa shape index (κ1) is 25.0. The molecule has 0 saturated carbocycles. The maximum absolute atomic E-state index is 12.6. The van der Waals surface area contributed by atoms with Crippen LogP contribution >= 0.6 is 11.3 Å². The average molecular weight is 518 g/mol. The summed E-state index contributed by atoms with van der Waals surface area (Å²) in [6.07, 6.45) is 3.52. The summed E-state index contributed by atoms with van der Waals surface area (Å²) in [5.74, 6) is -0.207. The molecule has 192 valence electrons. The van der Waals surface area contributed by atoms with Gasteiger partial charge in [0.2, 0.25) is 5.91 Å². The van der Waals surface area contributed by atoms with Crippen molar-refractivity contribution in [2.24, 2.45) is 0 Å². The normalized spacial score (nSPS) is 14.4. The number of nitrogens with one attached hydrogen (secondary N) is 2. The summed E-state index contributed by atoms with van der Waals surface area (Å²) in [5.41, 5.74) is 8.38. The number of anilines is 3. The molecule has 0 unspecified atom stereocenters. The largest absolute Gasteiger partial charge is 0.477 e. The van der Waals surface area contributed by atoms with Crippen molar-refractivity contribution in [1.82, 2.24) is 10.3 Å². The van der Waals surface area contributed by atoms with Crippen molar-refractivity contribution in [2.75, 3.05) is 35.6 Å². The second kappa shape index (κ2) is 10.7. The smallest absolute Gasteiger partial charge is 0.348 e. The lowest BCUT2D eigenvalue weighted by atomic mass is 10.0. The third kappa shape index (κ3) is 5.23. The number of carbonyl (C=O) groups is 2. The summed E-state index contributed by atoms with van der Waals surface area (Å²) >= 11 is 1.14. The Morgan fingerprint density at radius 3 is 2.68 bits per heavy atom. The lowest BCUT2D eigenvalue weighted by molar-refractivity contribution is -0.115. The van der Waals surface area contributed by atoms with Gasteiger partial charge < -0.3 is 26.4 Å². The van der Waals surface area contributed by atoms with E-state index in [9.17, 15) is 14.7 Å². The number of nitrogens with zero attached hydrogens (tertiary/aromatic N) is 2. The number of fused-ring (bicyclic) bond motifs is 2. The second-order valence-electron chi connectivity index (χ2n) is 9.44. The van der Waals surface area contributed by atoms with E-state index in [4.69, 9.17) is 10.7 Å². The number of hydrogen-bond acceptors (Lipinski definition) is 7. The Morgan fingerprint density at radius 2 is 1.92 bits per heavy atom. The number of aromatic carboxylic acids is 1. The van der Waals surface area contributed by atoms with Crippen molar-refractivity contribution in [2.45, 2.75) is 38.6 Å². The Balaban J connectivity index is 1.21. The Bertz CT molecular complexity index is 1450. The number of nitrogens with two attached hydrogens (primary N) is 1. The fourth-order valence-corrected chi connectivity index (χ4v) is 6.03. The Kier molecular flexibility index (Phi) is 7.25. The molecule has 0 atom stereocenters. The highest BCUT2D eigenvalue weighted by Gasteiger charge is 2.24. The number of hydrogen-bond donors (Lipinski definition) is 4. The Hall–Kier alpha value is -3.69. The van der Waals surface area contributed by atoms with Crippen LogP contribution in [0.1, 0.15) is 41.4 Å². The molecule has 1 saturated heterocycles. The van der Waals surface area contributed by atoms with Gasteiger partial charge in [-0.05, 0) is 42.3 Å². The third-order valence-electron chi connectivity index (χ3n) is 6.91. The van der Waals surface area contributed by atoms with Crippen LogP contribution in [-0.4, -0.2) is 47.6 Å². The molecule has 0 bridgehead atoms. The van der Waals surface area contributed by atoms with Crippen molar-refractivity contribution >= 4 is 61.4 Å². The van der Waals surface area contributed by atoms with E-state index in [1.807, 2.05) is 42.5 Å². The Labute approximate surface area is 219 Å². The molecule has 0 radical (unpaired) electrons. The van der Waals surface area contributed by atoms with Crippen LogP contribution in [0.15, 0.2) is 48.5 Å². The zero-order valence-electron chi connectivity index (χ0n) is 20.8. The highest BCUT2D eigenvalue weighted by Crippen LogP contribution is 2.37. The third-order valence-corrected chi connectivity index (χ3v) is 8.00. The van der Waals surface area contributed by atoms with Gasteiger partial charge in [-0.25, -0.2) is 9.78 Å². The topological polar surface area (TPSA) is 121 Å². The number of pyridine rings is 1. The predicted octanol–water partition coefficient (Wildman–Crippen LogP) is 4.88. The van der Waals surface area contributed by atoms with Crippen molar-refractivity contribution in [3.05, 3.63) is 59.0 Å². The maximum atomic E-state index is 12.6. The van der Waals surface area contributed by atoms with Gasteiger partial charge in [0, 0.05) is 35.6 Å². The molecule has 1 amide bonds. The van der Waals surface area contributed by atoms with E-state index in [2.05, 4.69) is 28.5 Å². The highest BCUT2D eigenvalue weighted by molar-refractivity contribution is 7.21. The van der Waals surface area contributed by atoms with Gasteiger partial charge in [-0.3, -0.25) is 4.79 Å². The minimum Gasteiger partial charge on any atom is -0.477 e. The highest BCUT2D eigenvalue weighted by atomic mass is 32.1. The summed E-state index contributed by atoms with van der Waals surface area (Å²) in [7, 11) is 0. The van der Waals surface area contributed by atoms with E-state index in [1.165, 1.54) is 0 Å². The number of carbonyl (C=O) groups excluding carboxylic acids is 1. The van der Waals surface area contributed by atoms with Gasteiger partial charge in [0.25, 0.3) is 0 Å². The van der Waals surface area contributed by atoms with Gasteiger partial charge in [0.1, 0.15) is 15.5 Å². The molecule has 5 rings (SSSR count). The number of benzene rings is 2. The van der Waals surface area contributed by atoms with Gasteiger partial charge in [-0.2, -0.15) is 0 Å². The standard InChI is InChI=1S/C28H31N5O3S/c1-2-6-18-15-22(32-27-24(18)25(29)26(37-27)28(35)36)33-13-11-19(12-14-33)30-16-23(34)31-21-10-5-8-17-7-3-4-9-20(17)21/h3-5,7-10,15,19,30H,2,6,11-14,16,29H2,1H3,(H,31,34)(H,35,36). The van der Waals surface area contributed by atoms with Crippen LogP contribution in [0.5, 0.6) is 0 Å². The molecule has 0 spiro atoms. The molecule has 37 heavy (non-hydrogen) atoms. The lowest BCUT2D eigenvalue weighted by Gasteiger charge is -2.33. The van der Waals surface area contributed by atoms with E-state index < -0.39 is 5.97 Å². The molecule has 5 N–H and O–H groups in total. The molecule has 3 heterocycles. The zero-order valence-corrected chi connectivity index (χ0v) is 21.6. The molecule has 1 fully saturated rings. The minimum absolute atomic E-state index is 0.0559. The van der Waals surface area contributed by atoms with Crippen molar-refractivity contribution < 1.29 is 14.7 Å². The van der Waals surface area contributed by atoms with Crippen molar-refractivity contribution in [1.29, 1.82) is 0 Å². The zero-order chi connectivity index (χ0) is 25.9. The van der Waals surface area contributed by atoms with E-state index in [0.717, 1.165) is 83.3 Å². The van der Waals surface area contributed by atoms with Gasteiger partial charge in [0.15, 0.2) is 0 Å². The molecule has 8 nitrogen and oxygen atoms in total. The van der Waals surface area contributed by atoms with Crippen molar-refractivity contribution in [3.8, 4) is 0 Å². The summed E-state index contributed by atoms with van der Waals surface area (Å²) < 4.78 is 0. The molecule has 2 aromatic carbocycles. The number of piperidine rings is 1. The minimum atomic E-state index is -1.01. The van der Waals surface area contributed by atoms with E-state index in [-0.39, 0.29) is 23.4 Å². The van der Waals surface area contributed by atoms with Crippen LogP contribution in [-0.2, 0) is 11.2 Å². The van der Waals surface area contributed by atoms with Gasteiger partial charge in [-0.1, -0.05) is 49.7 Å². The molecule has 1 aliphatic rings. The average Bonchev–Trinajstić information content (AvgIpc) is 3.25. The van der Waals surface area contributed by atoms with E-state index in [1.54, 1.807) is 0 Å². The number of carboxylic acids is 1. The van der Waals surface area contributed by atoms with Crippen LogP contribution < -0.4 is 21.3 Å². The quantitative estimate of drug-likeness (QED) is 0.263. The monoisotopic (exact) mass is 517 g/mol. The van der Waals surface area contributed by atoms with Crippen LogP contribution in [0.3, 0.4) is 0 Å². The van der Waals surface area contributed by atoms with Crippen LogP contribution in [0, 0.1) is 0 Å². The molecule has 4 aromatic rings. The summed E-state index contributed by atoms with van der Waals surface area (Å²) in [6.45, 7) is 3.96. The molecular weight excluding hydrogens is 486 g/mol. The fraction of sp³-hybridized carbons (Fsp3) is 0.321. The van der Waals surface area contributed by atoms with E-state index >= 15 is 0 Å². The number of thiophene rings is 1. The van der Waals surface area contributed by atoms with Crippen molar-refractivity contribution in [3.63, 3.8) is 0 Å². The van der Waals surface area contributed by atoms with Crippen LogP contribution in [0.25, 0.3) is 21.0 Å². The molecule has 1 aliphatic heterocycles. The number of rotatable bonds is 8. The SMILES string of the molecule is CCCc1cc(N2CCC(NCC(=O)Nc3cccc4ccccc34)CC2)nc2sc(C(=O)O)c(N)c12. The summed E-state index contributed by atoms with van der Waals surface area (Å²) in [6, 6.07) is 16.2. The Morgan fingerprint density at radius 1 is 1.16 bits per heavy atom. The number of aromatic nitrogens is 1. The van der Waals surface area contributed by atoms with Crippen LogP contribution in [0.2, 0.25) is 0 Å². The predicted molar refractivity (Wildman–Crippen MR) is 151 cm³/mol. The number of aryl methyl sites for hydroxylation is 1. The number of nitrogen functional groups attached to an aromatic ring is 1. The first-order valence-corrected chi connectivity index (χ1v) is 13.5. The molecule has 2 aromatic heterocycles. The summed E-state index contributed by atoms with van der Waals surface area (Å²) in [4.78, 5) is 32.1. The van der Waals surface area contributed by atoms with E-state index in [0.29, 0.717) is 10.5 Å².